The van der Waals surface area contributed by atoms with Gasteiger partial charge < -0.3 is 0 Å². The fraction of sp³-hybridized carbons (Fsp3) is 1.00. The van der Waals surface area contributed by atoms with Crippen LogP contribution in [0.1, 0.15) is 213 Å². The largest absolute Gasteiger partial charge is 0.0654 e. The van der Waals surface area contributed by atoms with Crippen LogP contribution in [0.2, 0.25) is 0 Å². The molecule has 0 heteroatoms. The second-order valence-electron chi connectivity index (χ2n) is 16.4. The highest BCUT2D eigenvalue weighted by Gasteiger charge is 2.35. The van der Waals surface area contributed by atoms with Crippen molar-refractivity contribution in [3.63, 3.8) is 0 Å². The van der Waals surface area contributed by atoms with Crippen molar-refractivity contribution in [2.45, 2.75) is 213 Å². The zero-order chi connectivity index (χ0) is 28.5. The molecule has 3 atom stereocenters. The molecule has 0 bridgehead atoms. The van der Waals surface area contributed by atoms with Crippen LogP contribution in [0.3, 0.4) is 0 Å². The number of rotatable bonds is 14. The Bertz CT molecular complexity index is 584. The van der Waals surface area contributed by atoms with Crippen LogP contribution in [-0.4, -0.2) is 0 Å². The van der Waals surface area contributed by atoms with E-state index in [4.69, 9.17) is 0 Å². The van der Waals surface area contributed by atoms with Gasteiger partial charge in [-0.15, -0.1) is 0 Å². The number of hydrogen-bond acceptors (Lipinski definition) is 0. The van der Waals surface area contributed by atoms with Gasteiger partial charge in [0.2, 0.25) is 0 Å². The van der Waals surface area contributed by atoms with E-state index < -0.39 is 0 Å². The molecule has 0 amide bonds. The lowest BCUT2D eigenvalue weighted by atomic mass is 9.66. The van der Waals surface area contributed by atoms with E-state index in [2.05, 4.69) is 13.8 Å². The van der Waals surface area contributed by atoms with Gasteiger partial charge in [0.1, 0.15) is 0 Å². The minimum absolute atomic E-state index is 0.963. The van der Waals surface area contributed by atoms with Gasteiger partial charge in [-0.25, -0.2) is 0 Å². The summed E-state index contributed by atoms with van der Waals surface area (Å²) in [7, 11) is 0. The Labute approximate surface area is 259 Å². The Morgan fingerprint density at radius 2 is 0.902 bits per heavy atom. The van der Waals surface area contributed by atoms with Crippen molar-refractivity contribution in [1.82, 2.24) is 0 Å². The van der Waals surface area contributed by atoms with Crippen molar-refractivity contribution in [3.05, 3.63) is 0 Å². The molecule has 0 N–H and O–H groups in total. The van der Waals surface area contributed by atoms with Crippen LogP contribution in [0.4, 0.5) is 0 Å². The molecule has 4 rings (SSSR count). The maximum atomic E-state index is 2.75. The molecule has 0 aromatic heterocycles. The first-order chi connectivity index (χ1) is 20.3. The molecular weight excluding hydrogens is 492 g/mol. The third-order valence-corrected chi connectivity index (χ3v) is 13.6. The van der Waals surface area contributed by atoms with Crippen LogP contribution in [-0.2, 0) is 0 Å². The van der Waals surface area contributed by atoms with Crippen LogP contribution >= 0.6 is 0 Å². The van der Waals surface area contributed by atoms with E-state index in [0.29, 0.717) is 0 Å². The van der Waals surface area contributed by atoms with Gasteiger partial charge in [-0.05, 0) is 60.2 Å². The van der Waals surface area contributed by atoms with Gasteiger partial charge in [0.25, 0.3) is 0 Å². The molecule has 0 heterocycles. The van der Waals surface area contributed by atoms with Crippen LogP contribution < -0.4 is 0 Å². The third kappa shape index (κ3) is 11.8. The minimum atomic E-state index is 0.963. The molecule has 0 saturated heterocycles. The molecule has 4 saturated carbocycles. The quantitative estimate of drug-likeness (QED) is 0.183. The summed E-state index contributed by atoms with van der Waals surface area (Å²) in [5.74, 6) is 8.26. The molecule has 0 nitrogen and oxygen atoms in total. The van der Waals surface area contributed by atoms with E-state index in [1.165, 1.54) is 116 Å². The monoisotopic (exact) mass is 569 g/mol. The predicted molar refractivity (Wildman–Crippen MR) is 182 cm³/mol. The summed E-state index contributed by atoms with van der Waals surface area (Å²) in [6.07, 6.45) is 47.6. The second kappa shape index (κ2) is 20.1. The van der Waals surface area contributed by atoms with Crippen molar-refractivity contribution in [2.24, 2.45) is 47.3 Å². The predicted octanol–water partition coefficient (Wildman–Crippen LogP) is 14.1. The van der Waals surface area contributed by atoms with E-state index in [0.717, 1.165) is 47.3 Å². The van der Waals surface area contributed by atoms with Crippen molar-refractivity contribution >= 4 is 0 Å². The molecule has 0 spiro atoms. The van der Waals surface area contributed by atoms with Crippen LogP contribution in [0.15, 0.2) is 0 Å². The zero-order valence-electron chi connectivity index (χ0n) is 28.5. The smallest absolute Gasteiger partial charge is 0.0357 e. The topological polar surface area (TPSA) is 0 Å². The lowest BCUT2D eigenvalue weighted by Gasteiger charge is -2.39. The highest BCUT2D eigenvalue weighted by atomic mass is 14.4. The number of hydrogen-bond donors (Lipinski definition) is 0. The van der Waals surface area contributed by atoms with Gasteiger partial charge in [-0.2, -0.15) is 0 Å². The van der Waals surface area contributed by atoms with E-state index in [-0.39, 0.29) is 0 Å². The SMILES string of the molecule is CCCC(C(CCCC1CCCCCC1)CCC(C1CCCCCC1)C1CCCCCC1)C(C)C1CCCCCC1. The molecule has 0 aromatic carbocycles. The Balaban J connectivity index is 1.47. The van der Waals surface area contributed by atoms with Crippen molar-refractivity contribution in [2.75, 3.05) is 0 Å². The third-order valence-electron chi connectivity index (χ3n) is 13.6. The molecular formula is C41H76. The van der Waals surface area contributed by atoms with Gasteiger partial charge in [0, 0.05) is 0 Å². The summed E-state index contributed by atoms with van der Waals surface area (Å²) >= 11 is 0. The van der Waals surface area contributed by atoms with E-state index in [1.54, 1.807) is 83.5 Å². The molecule has 3 unspecified atom stereocenters. The standard InChI is InChI=1S/C41H76/c1-3-21-40(34(2)36-25-14-6-7-15-26-36)39(31-20-24-35-22-12-4-5-13-23-35)32-33-41(37-27-16-8-9-17-28-37)38-29-18-10-11-19-30-38/h34-41H,3-33H2,1-2H3. The Kier molecular flexibility index (Phi) is 16.6. The van der Waals surface area contributed by atoms with Crippen LogP contribution in [0.25, 0.3) is 0 Å². The Morgan fingerprint density at radius 3 is 1.37 bits per heavy atom. The molecule has 0 radical (unpaired) electrons. The Hall–Kier alpha value is 0. The molecule has 4 aliphatic carbocycles. The summed E-state index contributed by atoms with van der Waals surface area (Å²) in [5.41, 5.74) is 0. The first-order valence-electron chi connectivity index (χ1n) is 20.3. The Morgan fingerprint density at radius 1 is 0.463 bits per heavy atom. The average Bonchev–Trinajstić information content (AvgIpc) is 3.60. The summed E-state index contributed by atoms with van der Waals surface area (Å²) in [6, 6.07) is 0. The molecule has 41 heavy (non-hydrogen) atoms. The van der Waals surface area contributed by atoms with Crippen LogP contribution in [0, 0.1) is 47.3 Å². The fourth-order valence-corrected chi connectivity index (χ4v) is 11.1. The van der Waals surface area contributed by atoms with Crippen molar-refractivity contribution < 1.29 is 0 Å². The molecule has 240 valence electrons. The van der Waals surface area contributed by atoms with Gasteiger partial charge in [-0.3, -0.25) is 0 Å². The second-order valence-corrected chi connectivity index (χ2v) is 16.4. The summed E-state index contributed by atoms with van der Waals surface area (Å²) in [6.45, 7) is 5.26. The zero-order valence-corrected chi connectivity index (χ0v) is 28.5. The van der Waals surface area contributed by atoms with Gasteiger partial charge in [0.15, 0.2) is 0 Å². The summed E-state index contributed by atoms with van der Waals surface area (Å²) in [5, 5.41) is 0. The van der Waals surface area contributed by atoms with E-state index in [9.17, 15) is 0 Å². The van der Waals surface area contributed by atoms with Crippen molar-refractivity contribution in [3.8, 4) is 0 Å². The molecule has 0 aromatic rings. The normalized spacial score (nSPS) is 26.1. The van der Waals surface area contributed by atoms with Gasteiger partial charge in [0.05, 0.1) is 0 Å². The highest BCUT2D eigenvalue weighted by Crippen LogP contribution is 2.46. The first-order valence-corrected chi connectivity index (χ1v) is 20.3. The molecule has 4 aliphatic rings. The first kappa shape index (κ1) is 33.9. The van der Waals surface area contributed by atoms with E-state index >= 15 is 0 Å². The van der Waals surface area contributed by atoms with Crippen LogP contribution in [0.5, 0.6) is 0 Å². The van der Waals surface area contributed by atoms with Gasteiger partial charge >= 0.3 is 0 Å². The summed E-state index contributed by atoms with van der Waals surface area (Å²) in [4.78, 5) is 0. The lowest BCUT2D eigenvalue weighted by Crippen LogP contribution is -2.30. The van der Waals surface area contributed by atoms with Gasteiger partial charge in [-0.1, -0.05) is 200 Å². The maximum Gasteiger partial charge on any atom is -0.0357 e. The maximum absolute atomic E-state index is 2.75. The average molecular weight is 569 g/mol. The van der Waals surface area contributed by atoms with Crippen molar-refractivity contribution in [1.29, 1.82) is 0 Å². The van der Waals surface area contributed by atoms with E-state index in [1.807, 2.05) is 0 Å². The highest BCUT2D eigenvalue weighted by molar-refractivity contribution is 4.85. The fourth-order valence-electron chi connectivity index (χ4n) is 11.1. The summed E-state index contributed by atoms with van der Waals surface area (Å²) < 4.78 is 0. The minimum Gasteiger partial charge on any atom is -0.0654 e. The molecule has 0 aliphatic heterocycles. The molecule has 4 fully saturated rings. The lowest BCUT2D eigenvalue weighted by molar-refractivity contribution is 0.110.